The molecular formula is C18H22N2O5S2. The van der Waals surface area contributed by atoms with Gasteiger partial charge < -0.3 is 9.47 Å². The van der Waals surface area contributed by atoms with Crippen molar-refractivity contribution in [2.75, 3.05) is 13.7 Å². The quantitative estimate of drug-likeness (QED) is 0.531. The maximum atomic E-state index is 12.3. The first kappa shape index (κ1) is 21.1. The minimum atomic E-state index is -3.69. The van der Waals surface area contributed by atoms with Crippen LogP contribution >= 0.6 is 11.3 Å². The van der Waals surface area contributed by atoms with E-state index in [-0.39, 0.29) is 23.8 Å². The Kier molecular flexibility index (Phi) is 7.11. The third-order valence-electron chi connectivity index (χ3n) is 3.57. The minimum Gasteiger partial charge on any atom is -0.495 e. The van der Waals surface area contributed by atoms with Crippen LogP contribution in [0.4, 0.5) is 0 Å². The number of methoxy groups -OCH3 is 1. The van der Waals surface area contributed by atoms with E-state index in [2.05, 4.69) is 9.71 Å². The standard InChI is InChI=1S/C18H22N2O5S2/c1-5-19-27(22,23)17-10-14(6-8-15(17)24-4)7-9-18(21)25-11-16-12(2)20-13(3)26-16/h6-10,19H,5,11H2,1-4H3/b9-7+. The molecule has 146 valence electrons. The summed E-state index contributed by atoms with van der Waals surface area (Å²) in [5, 5.41) is 0.918. The van der Waals surface area contributed by atoms with Gasteiger partial charge in [0.25, 0.3) is 0 Å². The monoisotopic (exact) mass is 410 g/mol. The molecule has 0 saturated carbocycles. The maximum absolute atomic E-state index is 12.3. The highest BCUT2D eigenvalue weighted by atomic mass is 32.2. The Morgan fingerprint density at radius 1 is 1.33 bits per heavy atom. The SMILES string of the molecule is CCNS(=O)(=O)c1cc(/C=C/C(=O)OCc2sc(C)nc2C)ccc1OC. The summed E-state index contributed by atoms with van der Waals surface area (Å²) in [6.45, 7) is 5.87. The molecule has 27 heavy (non-hydrogen) atoms. The molecule has 1 heterocycles. The van der Waals surface area contributed by atoms with Crippen LogP contribution in [0.15, 0.2) is 29.2 Å². The van der Waals surface area contributed by atoms with E-state index in [0.717, 1.165) is 15.6 Å². The minimum absolute atomic E-state index is 0.0122. The van der Waals surface area contributed by atoms with Crippen molar-refractivity contribution in [2.45, 2.75) is 32.3 Å². The van der Waals surface area contributed by atoms with Crippen molar-refractivity contribution in [1.82, 2.24) is 9.71 Å². The van der Waals surface area contributed by atoms with E-state index >= 15 is 0 Å². The van der Waals surface area contributed by atoms with Gasteiger partial charge in [-0.15, -0.1) is 11.3 Å². The molecular weight excluding hydrogens is 388 g/mol. The van der Waals surface area contributed by atoms with Crippen LogP contribution in [0.25, 0.3) is 6.08 Å². The molecule has 0 unspecified atom stereocenters. The van der Waals surface area contributed by atoms with Crippen LogP contribution in [0.5, 0.6) is 5.75 Å². The average Bonchev–Trinajstić information content (AvgIpc) is 2.95. The molecule has 0 bridgehead atoms. The summed E-state index contributed by atoms with van der Waals surface area (Å²) in [4.78, 5) is 17.1. The molecule has 7 nitrogen and oxygen atoms in total. The highest BCUT2D eigenvalue weighted by molar-refractivity contribution is 7.89. The summed E-state index contributed by atoms with van der Waals surface area (Å²) < 4.78 is 37.3. The first-order valence-electron chi connectivity index (χ1n) is 8.22. The van der Waals surface area contributed by atoms with Crippen molar-refractivity contribution >= 4 is 33.4 Å². The number of hydrogen-bond acceptors (Lipinski definition) is 7. The Labute approximate surface area is 163 Å². The van der Waals surface area contributed by atoms with E-state index in [9.17, 15) is 13.2 Å². The Balaban J connectivity index is 2.11. The Hall–Kier alpha value is -2.23. The molecule has 0 amide bonds. The van der Waals surface area contributed by atoms with Gasteiger partial charge in [-0.25, -0.2) is 22.9 Å². The molecule has 0 spiro atoms. The first-order valence-corrected chi connectivity index (χ1v) is 10.5. The van der Waals surface area contributed by atoms with E-state index in [0.29, 0.717) is 5.56 Å². The third-order valence-corrected chi connectivity index (χ3v) is 6.18. The highest BCUT2D eigenvalue weighted by Crippen LogP contribution is 2.25. The van der Waals surface area contributed by atoms with Gasteiger partial charge in [-0.3, -0.25) is 0 Å². The zero-order chi connectivity index (χ0) is 20.0. The lowest BCUT2D eigenvalue weighted by Gasteiger charge is -2.10. The first-order chi connectivity index (χ1) is 12.8. The lowest BCUT2D eigenvalue weighted by Crippen LogP contribution is -2.23. The highest BCUT2D eigenvalue weighted by Gasteiger charge is 2.18. The predicted molar refractivity (Wildman–Crippen MR) is 104 cm³/mol. The lowest BCUT2D eigenvalue weighted by molar-refractivity contribution is -0.138. The molecule has 2 rings (SSSR count). The molecule has 2 aromatic rings. The third kappa shape index (κ3) is 5.62. The fourth-order valence-electron chi connectivity index (χ4n) is 2.33. The molecule has 0 radical (unpaired) electrons. The van der Waals surface area contributed by atoms with Crippen LogP contribution in [0.3, 0.4) is 0 Å². The largest absolute Gasteiger partial charge is 0.495 e. The summed E-state index contributed by atoms with van der Waals surface area (Å²) >= 11 is 1.48. The fourth-order valence-corrected chi connectivity index (χ4v) is 4.42. The summed E-state index contributed by atoms with van der Waals surface area (Å²) in [6, 6.07) is 4.64. The van der Waals surface area contributed by atoms with Crippen molar-refractivity contribution in [3.05, 3.63) is 45.4 Å². The number of rotatable bonds is 8. The summed E-state index contributed by atoms with van der Waals surface area (Å²) in [5.41, 5.74) is 1.39. The summed E-state index contributed by atoms with van der Waals surface area (Å²) in [7, 11) is -2.29. The number of sulfonamides is 1. The van der Waals surface area contributed by atoms with Crippen LogP contribution in [0.2, 0.25) is 0 Å². The number of nitrogens with one attached hydrogen (secondary N) is 1. The van der Waals surface area contributed by atoms with Gasteiger partial charge in [0.15, 0.2) is 0 Å². The molecule has 0 aliphatic carbocycles. The van der Waals surface area contributed by atoms with Crippen LogP contribution in [0.1, 0.15) is 28.1 Å². The van der Waals surface area contributed by atoms with Crippen LogP contribution in [0, 0.1) is 13.8 Å². The second-order valence-electron chi connectivity index (χ2n) is 5.59. The molecule has 0 atom stereocenters. The number of hydrogen-bond donors (Lipinski definition) is 1. The van der Waals surface area contributed by atoms with E-state index < -0.39 is 16.0 Å². The molecule has 0 aliphatic heterocycles. The van der Waals surface area contributed by atoms with Crippen molar-refractivity contribution in [1.29, 1.82) is 0 Å². The van der Waals surface area contributed by atoms with E-state index in [1.54, 1.807) is 19.1 Å². The van der Waals surface area contributed by atoms with Crippen molar-refractivity contribution in [3.63, 3.8) is 0 Å². The fraction of sp³-hybridized carbons (Fsp3) is 0.333. The van der Waals surface area contributed by atoms with Crippen molar-refractivity contribution < 1.29 is 22.7 Å². The maximum Gasteiger partial charge on any atom is 0.331 e. The van der Waals surface area contributed by atoms with Gasteiger partial charge in [-0.1, -0.05) is 13.0 Å². The van der Waals surface area contributed by atoms with Crippen LogP contribution < -0.4 is 9.46 Å². The molecule has 0 saturated heterocycles. The van der Waals surface area contributed by atoms with Gasteiger partial charge in [-0.2, -0.15) is 0 Å². The smallest absolute Gasteiger partial charge is 0.331 e. The number of nitrogens with zero attached hydrogens (tertiary/aromatic N) is 1. The zero-order valence-corrected chi connectivity index (χ0v) is 17.2. The number of carbonyl (C=O) groups excluding carboxylic acids is 1. The van der Waals surface area contributed by atoms with E-state index in [4.69, 9.17) is 9.47 Å². The van der Waals surface area contributed by atoms with Gasteiger partial charge in [0.1, 0.15) is 17.3 Å². The Bertz CT molecular complexity index is 949. The topological polar surface area (TPSA) is 94.6 Å². The lowest BCUT2D eigenvalue weighted by atomic mass is 10.2. The molecule has 1 aromatic carbocycles. The molecule has 1 aromatic heterocycles. The summed E-state index contributed by atoms with van der Waals surface area (Å²) in [6.07, 6.45) is 2.76. The van der Waals surface area contributed by atoms with Crippen LogP contribution in [-0.4, -0.2) is 33.0 Å². The second-order valence-corrected chi connectivity index (χ2v) is 8.62. The Morgan fingerprint density at radius 2 is 2.07 bits per heavy atom. The number of aromatic nitrogens is 1. The van der Waals surface area contributed by atoms with E-state index in [1.165, 1.54) is 36.7 Å². The number of carbonyl (C=O) groups is 1. The molecule has 1 N–H and O–H groups in total. The number of esters is 1. The zero-order valence-electron chi connectivity index (χ0n) is 15.6. The number of thiazole rings is 1. The number of ether oxygens (including phenoxy) is 2. The average molecular weight is 411 g/mol. The number of benzene rings is 1. The second kappa shape index (κ2) is 9.12. The number of aryl methyl sites for hydroxylation is 2. The predicted octanol–water partition coefficient (Wildman–Crippen LogP) is 2.82. The van der Waals surface area contributed by atoms with Gasteiger partial charge in [0, 0.05) is 12.6 Å². The molecule has 9 heteroatoms. The summed E-state index contributed by atoms with van der Waals surface area (Å²) in [5.74, 6) is -0.293. The van der Waals surface area contributed by atoms with E-state index in [1.807, 2.05) is 13.8 Å². The van der Waals surface area contributed by atoms with Crippen molar-refractivity contribution in [3.8, 4) is 5.75 Å². The Morgan fingerprint density at radius 3 is 2.67 bits per heavy atom. The van der Waals surface area contributed by atoms with Crippen LogP contribution in [-0.2, 0) is 26.2 Å². The molecule has 0 aliphatic rings. The van der Waals surface area contributed by atoms with Gasteiger partial charge in [0.05, 0.1) is 22.7 Å². The normalized spacial score (nSPS) is 11.7. The molecule has 0 fully saturated rings. The van der Waals surface area contributed by atoms with Crippen molar-refractivity contribution in [2.24, 2.45) is 0 Å². The van der Waals surface area contributed by atoms with Gasteiger partial charge in [-0.05, 0) is 37.6 Å². The van der Waals surface area contributed by atoms with Gasteiger partial charge >= 0.3 is 5.97 Å². The van der Waals surface area contributed by atoms with Gasteiger partial charge in [0.2, 0.25) is 10.0 Å².